The first-order chi connectivity index (χ1) is 12.7. The molecule has 0 spiro atoms. The molecule has 0 saturated carbocycles. The van der Waals surface area contributed by atoms with Crippen LogP contribution in [0.5, 0.6) is 0 Å². The summed E-state index contributed by atoms with van der Waals surface area (Å²) in [7, 11) is 0. The Morgan fingerprint density at radius 1 is 1.19 bits per heavy atom. The minimum Gasteiger partial charge on any atom is -0.338 e. The van der Waals surface area contributed by atoms with Gasteiger partial charge in [0.2, 0.25) is 0 Å². The van der Waals surface area contributed by atoms with Crippen LogP contribution in [-0.2, 0) is 6.42 Å². The smallest absolute Gasteiger partial charge is 0.255 e. The molecule has 0 aliphatic carbocycles. The van der Waals surface area contributed by atoms with Gasteiger partial charge in [-0.3, -0.25) is 4.79 Å². The molecule has 0 N–H and O–H groups in total. The molecule has 7 heteroatoms. The van der Waals surface area contributed by atoms with Crippen molar-refractivity contribution in [3.8, 4) is 0 Å². The molecule has 26 heavy (non-hydrogen) atoms. The lowest BCUT2D eigenvalue weighted by atomic mass is 9.91. The Labute approximate surface area is 150 Å². The standard InChI is InChI=1S/C19H20FN5O/c20-17-8-5-14(6-9-17)3-4-15-2-1-11-24(12-15)19(26)16-7-10-18-21-22-23-25(18)13-16/h5-10,13,15H,1-4,11-12H2/t15-/m0/s1. The zero-order chi connectivity index (χ0) is 17.9. The van der Waals surface area contributed by atoms with E-state index in [4.69, 9.17) is 0 Å². The van der Waals surface area contributed by atoms with Gasteiger partial charge in [-0.25, -0.2) is 4.39 Å². The number of hydrogen-bond donors (Lipinski definition) is 0. The number of carbonyl (C=O) groups excluding carboxylic acids is 1. The van der Waals surface area contributed by atoms with Crippen LogP contribution in [0.4, 0.5) is 4.39 Å². The van der Waals surface area contributed by atoms with Crippen molar-refractivity contribution in [2.45, 2.75) is 25.7 Å². The van der Waals surface area contributed by atoms with Gasteiger partial charge in [0, 0.05) is 19.3 Å². The molecule has 134 valence electrons. The fourth-order valence-corrected chi connectivity index (χ4v) is 3.56. The molecule has 1 aliphatic heterocycles. The van der Waals surface area contributed by atoms with Gasteiger partial charge in [0.15, 0.2) is 5.65 Å². The number of fused-ring (bicyclic) bond motifs is 1. The summed E-state index contributed by atoms with van der Waals surface area (Å²) in [6, 6.07) is 10.2. The van der Waals surface area contributed by atoms with Gasteiger partial charge in [-0.15, -0.1) is 5.10 Å². The van der Waals surface area contributed by atoms with E-state index in [1.807, 2.05) is 17.0 Å². The number of piperidine rings is 1. The second-order valence-corrected chi connectivity index (χ2v) is 6.82. The predicted octanol–water partition coefficient (Wildman–Crippen LogP) is 2.75. The molecule has 2 aromatic heterocycles. The number of tetrazole rings is 1. The van der Waals surface area contributed by atoms with Crippen LogP contribution in [0.25, 0.3) is 5.65 Å². The van der Waals surface area contributed by atoms with Crippen LogP contribution < -0.4 is 0 Å². The summed E-state index contributed by atoms with van der Waals surface area (Å²) in [4.78, 5) is 14.7. The highest BCUT2D eigenvalue weighted by Crippen LogP contribution is 2.23. The Kier molecular flexibility index (Phi) is 4.60. The maximum atomic E-state index is 13.0. The fraction of sp³-hybridized carbons (Fsp3) is 0.368. The van der Waals surface area contributed by atoms with Crippen molar-refractivity contribution in [2.75, 3.05) is 13.1 Å². The van der Waals surface area contributed by atoms with Crippen molar-refractivity contribution in [1.29, 1.82) is 0 Å². The van der Waals surface area contributed by atoms with Crippen molar-refractivity contribution in [2.24, 2.45) is 5.92 Å². The van der Waals surface area contributed by atoms with E-state index in [0.29, 0.717) is 17.1 Å². The van der Waals surface area contributed by atoms with Crippen molar-refractivity contribution < 1.29 is 9.18 Å². The highest BCUT2D eigenvalue weighted by molar-refractivity contribution is 5.94. The number of nitrogens with zero attached hydrogens (tertiary/aromatic N) is 5. The molecule has 4 rings (SSSR count). The number of pyridine rings is 1. The average molecular weight is 353 g/mol. The zero-order valence-electron chi connectivity index (χ0n) is 14.4. The van der Waals surface area contributed by atoms with Crippen LogP contribution in [0.1, 0.15) is 35.2 Å². The number of hydrogen-bond acceptors (Lipinski definition) is 4. The minimum absolute atomic E-state index is 0.0221. The molecule has 1 atom stereocenters. The SMILES string of the molecule is O=C(c1ccc2nnnn2c1)N1CCC[C@@H](CCc2ccc(F)cc2)C1. The number of aryl methyl sites for hydroxylation is 1. The molecular formula is C19H20FN5O. The summed E-state index contributed by atoms with van der Waals surface area (Å²) in [6.07, 6.45) is 5.72. The molecule has 0 radical (unpaired) electrons. The number of benzene rings is 1. The monoisotopic (exact) mass is 353 g/mol. The lowest BCUT2D eigenvalue weighted by Gasteiger charge is -2.33. The minimum atomic E-state index is -0.206. The van der Waals surface area contributed by atoms with E-state index < -0.39 is 0 Å². The van der Waals surface area contributed by atoms with Crippen LogP contribution in [0, 0.1) is 11.7 Å². The quantitative estimate of drug-likeness (QED) is 0.723. The predicted molar refractivity (Wildman–Crippen MR) is 94.1 cm³/mol. The lowest BCUT2D eigenvalue weighted by Crippen LogP contribution is -2.40. The van der Waals surface area contributed by atoms with Crippen molar-refractivity contribution in [3.05, 3.63) is 59.5 Å². The number of amides is 1. The van der Waals surface area contributed by atoms with E-state index >= 15 is 0 Å². The summed E-state index contributed by atoms with van der Waals surface area (Å²) in [5.41, 5.74) is 2.36. The Balaban J connectivity index is 1.39. The van der Waals surface area contributed by atoms with Crippen LogP contribution in [-0.4, -0.2) is 43.9 Å². The van der Waals surface area contributed by atoms with Crippen LogP contribution in [0.15, 0.2) is 42.6 Å². The van der Waals surface area contributed by atoms with E-state index in [1.165, 1.54) is 16.6 Å². The van der Waals surface area contributed by atoms with Crippen LogP contribution >= 0.6 is 0 Å². The number of halogens is 1. The van der Waals surface area contributed by atoms with E-state index in [2.05, 4.69) is 15.5 Å². The van der Waals surface area contributed by atoms with Crippen molar-refractivity contribution >= 4 is 11.6 Å². The first kappa shape index (κ1) is 16.6. The molecule has 6 nitrogen and oxygen atoms in total. The first-order valence-corrected chi connectivity index (χ1v) is 8.90. The summed E-state index contributed by atoms with van der Waals surface area (Å²) in [5, 5.41) is 11.3. The highest BCUT2D eigenvalue weighted by Gasteiger charge is 2.24. The maximum absolute atomic E-state index is 13.0. The maximum Gasteiger partial charge on any atom is 0.255 e. The first-order valence-electron chi connectivity index (χ1n) is 8.90. The third-order valence-corrected chi connectivity index (χ3v) is 5.00. The molecule has 0 unspecified atom stereocenters. The normalized spacial score (nSPS) is 17.6. The molecule has 3 aromatic rings. The second kappa shape index (κ2) is 7.19. The van der Waals surface area contributed by atoms with Crippen molar-refractivity contribution in [1.82, 2.24) is 24.9 Å². The Bertz CT molecular complexity index is 908. The Hall–Kier alpha value is -2.83. The van der Waals surface area contributed by atoms with Gasteiger partial charge >= 0.3 is 0 Å². The average Bonchev–Trinajstić information content (AvgIpc) is 3.15. The summed E-state index contributed by atoms with van der Waals surface area (Å²) in [5.74, 6) is 0.283. The molecule has 1 fully saturated rings. The Morgan fingerprint density at radius 2 is 2.04 bits per heavy atom. The third-order valence-electron chi connectivity index (χ3n) is 5.00. The number of likely N-dealkylation sites (tertiary alicyclic amines) is 1. The fourth-order valence-electron chi connectivity index (χ4n) is 3.56. The topological polar surface area (TPSA) is 63.4 Å². The van der Waals surface area contributed by atoms with Gasteiger partial charge in [-0.2, -0.15) is 4.52 Å². The number of aromatic nitrogens is 4. The molecule has 1 amide bonds. The van der Waals surface area contributed by atoms with Gasteiger partial charge < -0.3 is 4.90 Å². The molecule has 0 bridgehead atoms. The van der Waals surface area contributed by atoms with Crippen LogP contribution in [0.2, 0.25) is 0 Å². The van der Waals surface area contributed by atoms with Gasteiger partial charge in [0.05, 0.1) is 5.56 Å². The molecule has 1 aliphatic rings. The summed E-state index contributed by atoms with van der Waals surface area (Å²) >= 11 is 0. The van der Waals surface area contributed by atoms with E-state index in [-0.39, 0.29) is 11.7 Å². The molecule has 1 saturated heterocycles. The van der Waals surface area contributed by atoms with Gasteiger partial charge in [-0.05, 0) is 71.9 Å². The molecular weight excluding hydrogens is 333 g/mol. The van der Waals surface area contributed by atoms with E-state index in [9.17, 15) is 9.18 Å². The zero-order valence-corrected chi connectivity index (χ0v) is 14.4. The number of carbonyl (C=O) groups is 1. The van der Waals surface area contributed by atoms with E-state index in [0.717, 1.165) is 44.3 Å². The number of rotatable bonds is 4. The largest absolute Gasteiger partial charge is 0.338 e. The van der Waals surface area contributed by atoms with Crippen LogP contribution in [0.3, 0.4) is 0 Å². The lowest BCUT2D eigenvalue weighted by molar-refractivity contribution is 0.0667. The Morgan fingerprint density at radius 3 is 2.88 bits per heavy atom. The van der Waals surface area contributed by atoms with Gasteiger partial charge in [0.1, 0.15) is 5.82 Å². The molecule has 1 aromatic carbocycles. The van der Waals surface area contributed by atoms with Gasteiger partial charge in [0.25, 0.3) is 5.91 Å². The summed E-state index contributed by atoms with van der Waals surface area (Å²) < 4.78 is 14.5. The van der Waals surface area contributed by atoms with Gasteiger partial charge in [-0.1, -0.05) is 12.1 Å². The molecule has 3 heterocycles. The van der Waals surface area contributed by atoms with Crippen molar-refractivity contribution in [3.63, 3.8) is 0 Å². The third kappa shape index (κ3) is 3.56. The second-order valence-electron chi connectivity index (χ2n) is 6.82. The van der Waals surface area contributed by atoms with E-state index in [1.54, 1.807) is 18.3 Å². The summed E-state index contributed by atoms with van der Waals surface area (Å²) in [6.45, 7) is 1.53. The highest BCUT2D eigenvalue weighted by atomic mass is 19.1.